The molecule has 0 fully saturated rings. The van der Waals surface area contributed by atoms with Crippen molar-refractivity contribution >= 4 is 10.0 Å². The van der Waals surface area contributed by atoms with Crippen molar-refractivity contribution in [2.24, 2.45) is 0 Å². The van der Waals surface area contributed by atoms with E-state index in [4.69, 9.17) is 9.47 Å². The predicted octanol–water partition coefficient (Wildman–Crippen LogP) is 2.11. The van der Waals surface area contributed by atoms with Crippen LogP contribution in [0.15, 0.2) is 53.4 Å². The Balaban J connectivity index is 2.03. The fourth-order valence-corrected chi connectivity index (χ4v) is 3.16. The second kappa shape index (κ2) is 8.14. The van der Waals surface area contributed by atoms with Gasteiger partial charge in [0.05, 0.1) is 24.7 Å². The summed E-state index contributed by atoms with van der Waals surface area (Å²) in [6.07, 6.45) is -0.974. The Kier molecular flexibility index (Phi) is 6.19. The van der Waals surface area contributed by atoms with Crippen molar-refractivity contribution in [2.45, 2.75) is 17.9 Å². The molecule has 0 radical (unpaired) electrons. The molecule has 130 valence electrons. The van der Waals surface area contributed by atoms with Crippen LogP contribution in [0.3, 0.4) is 0 Å². The smallest absolute Gasteiger partial charge is 0.240 e. The fraction of sp³-hybridized carbons (Fsp3) is 0.294. The van der Waals surface area contributed by atoms with Gasteiger partial charge in [0.25, 0.3) is 0 Å². The standard InChI is InChI=1S/C17H21NO5S/c1-3-23-14-7-9-16(10-8-14)24(20,21)18-12-17(19)13-5-4-6-15(11-13)22-2/h4-11,17-19H,3,12H2,1-2H3. The Bertz CT molecular complexity index is 759. The van der Waals surface area contributed by atoms with E-state index in [9.17, 15) is 13.5 Å². The number of hydrogen-bond donors (Lipinski definition) is 2. The van der Waals surface area contributed by atoms with Gasteiger partial charge in [0.15, 0.2) is 0 Å². The van der Waals surface area contributed by atoms with Gasteiger partial charge >= 0.3 is 0 Å². The lowest BCUT2D eigenvalue weighted by Crippen LogP contribution is -2.28. The molecule has 2 aromatic rings. The average molecular weight is 351 g/mol. The molecule has 7 heteroatoms. The van der Waals surface area contributed by atoms with Crippen molar-refractivity contribution < 1.29 is 23.0 Å². The summed E-state index contributed by atoms with van der Waals surface area (Å²) in [6, 6.07) is 13.0. The second-order valence-electron chi connectivity index (χ2n) is 5.05. The zero-order chi connectivity index (χ0) is 17.6. The van der Waals surface area contributed by atoms with Crippen molar-refractivity contribution in [2.75, 3.05) is 20.3 Å². The summed E-state index contributed by atoms with van der Waals surface area (Å²) in [5.74, 6) is 1.20. The summed E-state index contributed by atoms with van der Waals surface area (Å²) < 4.78 is 37.3. The molecule has 0 saturated carbocycles. The summed E-state index contributed by atoms with van der Waals surface area (Å²) in [7, 11) is -2.18. The van der Waals surface area contributed by atoms with E-state index >= 15 is 0 Å². The van der Waals surface area contributed by atoms with Crippen LogP contribution in [0.5, 0.6) is 11.5 Å². The van der Waals surface area contributed by atoms with Gasteiger partial charge in [-0.15, -0.1) is 0 Å². The Morgan fingerprint density at radius 2 is 1.83 bits per heavy atom. The first-order valence-electron chi connectivity index (χ1n) is 7.51. The minimum atomic E-state index is -3.71. The van der Waals surface area contributed by atoms with Crippen molar-refractivity contribution in [3.8, 4) is 11.5 Å². The zero-order valence-corrected chi connectivity index (χ0v) is 14.4. The van der Waals surface area contributed by atoms with Crippen LogP contribution in [0.4, 0.5) is 0 Å². The van der Waals surface area contributed by atoms with Gasteiger partial charge in [0.2, 0.25) is 10.0 Å². The number of ether oxygens (including phenoxy) is 2. The maximum Gasteiger partial charge on any atom is 0.240 e. The summed E-state index contributed by atoms with van der Waals surface area (Å²) in [5, 5.41) is 10.2. The number of aliphatic hydroxyl groups excluding tert-OH is 1. The molecule has 0 amide bonds. The summed E-state index contributed by atoms with van der Waals surface area (Å²) in [4.78, 5) is 0.115. The van der Waals surface area contributed by atoms with Crippen LogP contribution in [-0.2, 0) is 10.0 Å². The van der Waals surface area contributed by atoms with E-state index in [0.29, 0.717) is 23.7 Å². The normalized spacial score (nSPS) is 12.6. The molecule has 0 aliphatic carbocycles. The van der Waals surface area contributed by atoms with Gasteiger partial charge in [-0.05, 0) is 48.9 Å². The molecule has 0 heterocycles. The molecule has 24 heavy (non-hydrogen) atoms. The van der Waals surface area contributed by atoms with Gasteiger partial charge in [0, 0.05) is 6.54 Å². The molecule has 0 spiro atoms. The van der Waals surface area contributed by atoms with Gasteiger partial charge in [-0.3, -0.25) is 0 Å². The molecule has 6 nitrogen and oxygen atoms in total. The molecule has 1 atom stereocenters. The lowest BCUT2D eigenvalue weighted by atomic mass is 10.1. The number of benzene rings is 2. The lowest BCUT2D eigenvalue weighted by Gasteiger charge is -2.14. The number of rotatable bonds is 8. The molecule has 0 aromatic heterocycles. The fourth-order valence-electron chi connectivity index (χ4n) is 2.12. The Morgan fingerprint density at radius 1 is 1.12 bits per heavy atom. The summed E-state index contributed by atoms with van der Waals surface area (Å²) >= 11 is 0. The minimum absolute atomic E-state index is 0.115. The van der Waals surface area contributed by atoms with Crippen LogP contribution in [0.1, 0.15) is 18.6 Å². The third kappa shape index (κ3) is 4.70. The van der Waals surface area contributed by atoms with Crippen LogP contribution in [0.25, 0.3) is 0 Å². The van der Waals surface area contributed by atoms with Crippen LogP contribution in [0, 0.1) is 0 Å². The summed E-state index contributed by atoms with van der Waals surface area (Å²) in [6.45, 7) is 2.23. The molecule has 2 aromatic carbocycles. The third-order valence-corrected chi connectivity index (χ3v) is 4.83. The van der Waals surface area contributed by atoms with Gasteiger partial charge in [-0.2, -0.15) is 0 Å². The van der Waals surface area contributed by atoms with E-state index in [1.165, 1.54) is 19.2 Å². The maximum absolute atomic E-state index is 12.3. The van der Waals surface area contributed by atoms with E-state index in [1.54, 1.807) is 36.4 Å². The molecule has 0 aliphatic rings. The van der Waals surface area contributed by atoms with E-state index in [-0.39, 0.29) is 11.4 Å². The first-order valence-corrected chi connectivity index (χ1v) is 8.99. The van der Waals surface area contributed by atoms with Gasteiger partial charge < -0.3 is 14.6 Å². The Labute approximate surface area is 142 Å². The van der Waals surface area contributed by atoms with Crippen molar-refractivity contribution in [3.63, 3.8) is 0 Å². The number of aliphatic hydroxyl groups is 1. The van der Waals surface area contributed by atoms with Gasteiger partial charge in [-0.1, -0.05) is 12.1 Å². The van der Waals surface area contributed by atoms with Crippen LogP contribution in [0.2, 0.25) is 0 Å². The van der Waals surface area contributed by atoms with E-state index in [0.717, 1.165) is 0 Å². The molecular formula is C17H21NO5S. The number of sulfonamides is 1. The number of hydrogen-bond acceptors (Lipinski definition) is 5. The first kappa shape index (κ1) is 18.3. The van der Waals surface area contributed by atoms with E-state index in [2.05, 4.69) is 4.72 Å². The van der Waals surface area contributed by atoms with Crippen molar-refractivity contribution in [3.05, 3.63) is 54.1 Å². The van der Waals surface area contributed by atoms with Crippen LogP contribution >= 0.6 is 0 Å². The summed E-state index contributed by atoms with van der Waals surface area (Å²) in [5.41, 5.74) is 0.573. The molecule has 2 rings (SSSR count). The van der Waals surface area contributed by atoms with Crippen LogP contribution < -0.4 is 14.2 Å². The molecule has 0 aliphatic heterocycles. The van der Waals surface area contributed by atoms with Crippen molar-refractivity contribution in [1.29, 1.82) is 0 Å². The van der Waals surface area contributed by atoms with Crippen LogP contribution in [-0.4, -0.2) is 33.8 Å². The molecular weight excluding hydrogens is 330 g/mol. The number of nitrogens with one attached hydrogen (secondary N) is 1. The highest BCUT2D eigenvalue weighted by atomic mass is 32.2. The lowest BCUT2D eigenvalue weighted by molar-refractivity contribution is 0.181. The molecule has 0 bridgehead atoms. The zero-order valence-electron chi connectivity index (χ0n) is 13.6. The van der Waals surface area contributed by atoms with Gasteiger partial charge in [-0.25, -0.2) is 13.1 Å². The SMILES string of the molecule is CCOc1ccc(S(=O)(=O)NCC(O)c2cccc(OC)c2)cc1. The maximum atomic E-state index is 12.3. The topological polar surface area (TPSA) is 84.9 Å². The predicted molar refractivity (Wildman–Crippen MR) is 90.8 cm³/mol. The quantitative estimate of drug-likeness (QED) is 0.761. The van der Waals surface area contributed by atoms with E-state index < -0.39 is 16.1 Å². The first-order chi connectivity index (χ1) is 11.5. The second-order valence-corrected chi connectivity index (χ2v) is 6.82. The average Bonchev–Trinajstić information content (AvgIpc) is 2.60. The molecule has 2 N–H and O–H groups in total. The highest BCUT2D eigenvalue weighted by Gasteiger charge is 2.17. The van der Waals surface area contributed by atoms with E-state index in [1.807, 2.05) is 6.92 Å². The Morgan fingerprint density at radius 3 is 2.46 bits per heavy atom. The highest BCUT2D eigenvalue weighted by molar-refractivity contribution is 7.89. The third-order valence-electron chi connectivity index (χ3n) is 3.39. The minimum Gasteiger partial charge on any atom is -0.497 e. The molecule has 1 unspecified atom stereocenters. The highest BCUT2D eigenvalue weighted by Crippen LogP contribution is 2.20. The van der Waals surface area contributed by atoms with Crippen molar-refractivity contribution in [1.82, 2.24) is 4.72 Å². The Hall–Kier alpha value is -2.09. The molecule has 0 saturated heterocycles. The largest absolute Gasteiger partial charge is 0.497 e. The monoisotopic (exact) mass is 351 g/mol. The number of methoxy groups -OCH3 is 1. The van der Waals surface area contributed by atoms with Gasteiger partial charge in [0.1, 0.15) is 11.5 Å².